The van der Waals surface area contributed by atoms with Gasteiger partial charge in [0.1, 0.15) is 22.9 Å². The topological polar surface area (TPSA) is 47.6 Å². The van der Waals surface area contributed by atoms with Crippen molar-refractivity contribution in [3.05, 3.63) is 59.9 Å². The highest BCUT2D eigenvalue weighted by molar-refractivity contribution is 5.77. The van der Waals surface area contributed by atoms with Gasteiger partial charge in [-0.05, 0) is 50.6 Å². The molecule has 0 saturated heterocycles. The number of carbonyl (C=O) groups excluding carboxylic acids is 1. The number of rotatable bonds is 6. The number of benzene rings is 2. The number of carbonyl (C=O) groups is 1. The van der Waals surface area contributed by atoms with Crippen molar-refractivity contribution < 1.29 is 18.7 Å². The third-order valence-electron chi connectivity index (χ3n) is 3.00. The van der Waals surface area contributed by atoms with E-state index in [1.165, 1.54) is 18.2 Å². The van der Waals surface area contributed by atoms with E-state index in [1.807, 2.05) is 45.0 Å². The second-order valence-electron chi connectivity index (χ2n) is 6.38. The van der Waals surface area contributed by atoms with Gasteiger partial charge in [0.05, 0.1) is 0 Å². The zero-order valence-electron chi connectivity index (χ0n) is 14.1. The van der Waals surface area contributed by atoms with Crippen LogP contribution in [-0.4, -0.2) is 18.1 Å². The maximum atomic E-state index is 13.0. The third-order valence-corrected chi connectivity index (χ3v) is 3.00. The first-order chi connectivity index (χ1) is 11.3. The van der Waals surface area contributed by atoms with Gasteiger partial charge in [-0.3, -0.25) is 4.79 Å². The zero-order valence-corrected chi connectivity index (χ0v) is 14.1. The van der Waals surface area contributed by atoms with Crippen molar-refractivity contribution in [1.29, 1.82) is 0 Å². The summed E-state index contributed by atoms with van der Waals surface area (Å²) in [5, 5.41) is 2.75. The van der Waals surface area contributed by atoms with Gasteiger partial charge in [0.2, 0.25) is 0 Å². The van der Waals surface area contributed by atoms with Crippen molar-refractivity contribution in [2.75, 3.05) is 6.61 Å². The minimum Gasteiger partial charge on any atom is -0.488 e. The summed E-state index contributed by atoms with van der Waals surface area (Å²) in [7, 11) is 0. The Morgan fingerprint density at radius 1 is 1.08 bits per heavy atom. The number of nitrogens with one attached hydrogen (secondary N) is 1. The van der Waals surface area contributed by atoms with Crippen molar-refractivity contribution in [2.45, 2.75) is 32.9 Å². The molecule has 5 heteroatoms. The average Bonchev–Trinajstić information content (AvgIpc) is 2.51. The molecule has 0 fully saturated rings. The summed E-state index contributed by atoms with van der Waals surface area (Å²) < 4.78 is 24.0. The summed E-state index contributed by atoms with van der Waals surface area (Å²) in [5.74, 6) is 0.445. The van der Waals surface area contributed by atoms with Crippen LogP contribution in [0.2, 0.25) is 0 Å². The van der Waals surface area contributed by atoms with Gasteiger partial charge >= 0.3 is 0 Å². The summed E-state index contributed by atoms with van der Waals surface area (Å²) in [6, 6.07) is 13.2. The van der Waals surface area contributed by atoms with Crippen molar-refractivity contribution in [3.8, 4) is 11.5 Å². The second kappa shape index (κ2) is 7.81. The minimum absolute atomic E-state index is 0.158. The van der Waals surface area contributed by atoms with Crippen LogP contribution in [0.4, 0.5) is 4.39 Å². The Morgan fingerprint density at radius 3 is 2.42 bits per heavy atom. The van der Waals surface area contributed by atoms with Gasteiger partial charge in [-0.2, -0.15) is 0 Å². The van der Waals surface area contributed by atoms with Crippen molar-refractivity contribution in [3.63, 3.8) is 0 Å². The summed E-state index contributed by atoms with van der Waals surface area (Å²) in [4.78, 5) is 11.8. The number of ether oxygens (including phenoxy) is 2. The predicted octanol–water partition coefficient (Wildman–Crippen LogP) is 3.70. The highest BCUT2D eigenvalue weighted by atomic mass is 19.1. The average molecular weight is 331 g/mol. The van der Waals surface area contributed by atoms with Gasteiger partial charge in [0.25, 0.3) is 5.91 Å². The molecule has 128 valence electrons. The van der Waals surface area contributed by atoms with Crippen molar-refractivity contribution in [2.24, 2.45) is 0 Å². The van der Waals surface area contributed by atoms with E-state index in [0.717, 1.165) is 11.3 Å². The lowest BCUT2D eigenvalue weighted by Gasteiger charge is -2.21. The third kappa shape index (κ3) is 6.28. The summed E-state index contributed by atoms with van der Waals surface area (Å²) in [6.45, 7) is 6.19. The summed E-state index contributed by atoms with van der Waals surface area (Å²) in [6.07, 6.45) is 0. The van der Waals surface area contributed by atoms with Crippen LogP contribution in [0.15, 0.2) is 48.5 Å². The van der Waals surface area contributed by atoms with Crippen LogP contribution in [0, 0.1) is 5.82 Å². The normalized spacial score (nSPS) is 11.0. The molecule has 24 heavy (non-hydrogen) atoms. The molecule has 2 aromatic carbocycles. The van der Waals surface area contributed by atoms with Gasteiger partial charge in [-0.1, -0.05) is 18.2 Å². The molecule has 1 N–H and O–H groups in total. The standard InChI is InChI=1S/C19H22FNO3/c1-19(2,3)24-16-9-7-14(8-10-16)12-21-18(22)13-23-17-6-4-5-15(20)11-17/h4-11H,12-13H2,1-3H3,(H,21,22). The van der Waals surface area contributed by atoms with Gasteiger partial charge < -0.3 is 14.8 Å². The van der Waals surface area contributed by atoms with Crippen LogP contribution < -0.4 is 14.8 Å². The van der Waals surface area contributed by atoms with Gasteiger partial charge in [-0.25, -0.2) is 4.39 Å². The lowest BCUT2D eigenvalue weighted by atomic mass is 10.1. The molecular formula is C19H22FNO3. The fourth-order valence-electron chi connectivity index (χ4n) is 1.99. The van der Waals surface area contributed by atoms with E-state index >= 15 is 0 Å². The maximum absolute atomic E-state index is 13.0. The van der Waals surface area contributed by atoms with Crippen LogP contribution in [0.3, 0.4) is 0 Å². The van der Waals surface area contributed by atoms with E-state index in [4.69, 9.17) is 9.47 Å². The fraction of sp³-hybridized carbons (Fsp3) is 0.316. The largest absolute Gasteiger partial charge is 0.488 e. The molecule has 0 aliphatic carbocycles. The fourth-order valence-corrected chi connectivity index (χ4v) is 1.99. The van der Waals surface area contributed by atoms with Crippen LogP contribution in [0.5, 0.6) is 11.5 Å². The summed E-state index contributed by atoms with van der Waals surface area (Å²) in [5.41, 5.74) is 0.708. The molecule has 2 rings (SSSR count). The number of amides is 1. The number of hydrogen-bond acceptors (Lipinski definition) is 3. The molecule has 0 spiro atoms. The SMILES string of the molecule is CC(C)(C)Oc1ccc(CNC(=O)COc2cccc(F)c2)cc1. The molecule has 0 radical (unpaired) electrons. The van der Waals surface area contributed by atoms with Crippen molar-refractivity contribution in [1.82, 2.24) is 5.32 Å². The molecule has 4 nitrogen and oxygen atoms in total. The molecule has 2 aromatic rings. The van der Waals surface area contributed by atoms with E-state index < -0.39 is 5.82 Å². The first kappa shape index (κ1) is 17.8. The number of hydrogen-bond donors (Lipinski definition) is 1. The highest BCUT2D eigenvalue weighted by Crippen LogP contribution is 2.18. The number of halogens is 1. The molecular weight excluding hydrogens is 309 g/mol. The first-order valence-corrected chi connectivity index (χ1v) is 7.75. The summed E-state index contributed by atoms with van der Waals surface area (Å²) >= 11 is 0. The zero-order chi connectivity index (χ0) is 17.6. The van der Waals surface area contributed by atoms with Gasteiger partial charge in [0, 0.05) is 12.6 Å². The van der Waals surface area contributed by atoms with Gasteiger partial charge in [0.15, 0.2) is 6.61 Å². The molecule has 0 aliphatic rings. The smallest absolute Gasteiger partial charge is 0.258 e. The van der Waals surface area contributed by atoms with E-state index in [9.17, 15) is 9.18 Å². The molecule has 0 unspecified atom stereocenters. The Labute approximate surface area is 141 Å². The molecule has 0 bridgehead atoms. The Kier molecular flexibility index (Phi) is 5.79. The molecule has 0 aliphatic heterocycles. The molecule has 0 heterocycles. The predicted molar refractivity (Wildman–Crippen MR) is 90.6 cm³/mol. The van der Waals surface area contributed by atoms with Crippen LogP contribution >= 0.6 is 0 Å². The lowest BCUT2D eigenvalue weighted by Crippen LogP contribution is -2.28. The van der Waals surface area contributed by atoms with E-state index in [0.29, 0.717) is 12.3 Å². The Morgan fingerprint density at radius 2 is 1.79 bits per heavy atom. The Balaban J connectivity index is 1.77. The van der Waals surface area contributed by atoms with Crippen LogP contribution in [0.1, 0.15) is 26.3 Å². The van der Waals surface area contributed by atoms with E-state index in [-0.39, 0.29) is 18.1 Å². The Bertz CT molecular complexity index is 678. The monoisotopic (exact) mass is 331 g/mol. The first-order valence-electron chi connectivity index (χ1n) is 7.75. The van der Waals surface area contributed by atoms with Gasteiger partial charge in [-0.15, -0.1) is 0 Å². The quantitative estimate of drug-likeness (QED) is 0.878. The van der Waals surface area contributed by atoms with E-state index in [2.05, 4.69) is 5.32 Å². The molecule has 0 atom stereocenters. The minimum atomic E-state index is -0.398. The Hall–Kier alpha value is -2.56. The maximum Gasteiger partial charge on any atom is 0.258 e. The molecule has 1 amide bonds. The van der Waals surface area contributed by atoms with Crippen LogP contribution in [0.25, 0.3) is 0 Å². The second-order valence-corrected chi connectivity index (χ2v) is 6.38. The van der Waals surface area contributed by atoms with E-state index in [1.54, 1.807) is 6.07 Å². The molecule has 0 aromatic heterocycles. The lowest BCUT2D eigenvalue weighted by molar-refractivity contribution is -0.123. The highest BCUT2D eigenvalue weighted by Gasteiger charge is 2.11. The van der Waals surface area contributed by atoms with Crippen LogP contribution in [-0.2, 0) is 11.3 Å². The van der Waals surface area contributed by atoms with Crippen molar-refractivity contribution >= 4 is 5.91 Å². The molecule has 0 saturated carbocycles.